The normalized spacial score (nSPS) is 22.1. The van der Waals surface area contributed by atoms with E-state index in [0.717, 1.165) is 6.42 Å². The molecule has 1 saturated carbocycles. The summed E-state index contributed by atoms with van der Waals surface area (Å²) in [6.07, 6.45) is 2.64. The van der Waals surface area contributed by atoms with Crippen LogP contribution < -0.4 is 5.32 Å². The Morgan fingerprint density at radius 1 is 1.35 bits per heavy atom. The maximum atomic E-state index is 11.9. The standard InChI is InChI=1S/C13H12N2OS/c16-12(15-13-14-6-7-17-13)11-8-10(11)9-4-2-1-3-5-9/h1-7,10-11H,8H2,(H,14,15,16)/t10-,11+/m0/s1. The molecule has 1 N–H and O–H groups in total. The maximum Gasteiger partial charge on any atom is 0.229 e. The summed E-state index contributed by atoms with van der Waals surface area (Å²) in [4.78, 5) is 16.0. The molecule has 1 aliphatic carbocycles. The number of nitrogens with one attached hydrogen (secondary N) is 1. The van der Waals surface area contributed by atoms with Gasteiger partial charge >= 0.3 is 0 Å². The maximum absolute atomic E-state index is 11.9. The number of nitrogens with zero attached hydrogens (tertiary/aromatic N) is 1. The Labute approximate surface area is 104 Å². The number of thiazole rings is 1. The van der Waals surface area contributed by atoms with Gasteiger partial charge in [-0.1, -0.05) is 30.3 Å². The lowest BCUT2D eigenvalue weighted by Crippen LogP contribution is -2.14. The van der Waals surface area contributed by atoms with Gasteiger partial charge in [-0.05, 0) is 17.9 Å². The summed E-state index contributed by atoms with van der Waals surface area (Å²) < 4.78 is 0. The number of hydrogen-bond donors (Lipinski definition) is 1. The van der Waals surface area contributed by atoms with Crippen molar-refractivity contribution < 1.29 is 4.79 Å². The van der Waals surface area contributed by atoms with Gasteiger partial charge in [0.2, 0.25) is 5.91 Å². The third kappa shape index (κ3) is 2.22. The van der Waals surface area contributed by atoms with Gasteiger partial charge in [0.05, 0.1) is 0 Å². The summed E-state index contributed by atoms with van der Waals surface area (Å²) in [6.45, 7) is 0. The molecule has 0 saturated heterocycles. The average Bonchev–Trinajstić information content (AvgIpc) is 3.02. The monoisotopic (exact) mass is 244 g/mol. The first-order chi connectivity index (χ1) is 8.34. The van der Waals surface area contributed by atoms with E-state index in [2.05, 4.69) is 22.4 Å². The number of amides is 1. The lowest BCUT2D eigenvalue weighted by atomic mass is 10.1. The molecule has 3 rings (SSSR count). The van der Waals surface area contributed by atoms with Crippen LogP contribution in [0.4, 0.5) is 5.13 Å². The highest BCUT2D eigenvalue weighted by Crippen LogP contribution is 2.47. The topological polar surface area (TPSA) is 42.0 Å². The number of carbonyl (C=O) groups excluding carboxylic acids is 1. The number of aromatic nitrogens is 1. The van der Waals surface area contributed by atoms with Crippen LogP contribution in [0.5, 0.6) is 0 Å². The molecule has 17 heavy (non-hydrogen) atoms. The van der Waals surface area contributed by atoms with Crippen LogP contribution in [0, 0.1) is 5.92 Å². The second kappa shape index (κ2) is 4.30. The van der Waals surface area contributed by atoms with Gasteiger partial charge in [-0.15, -0.1) is 11.3 Å². The van der Waals surface area contributed by atoms with E-state index in [9.17, 15) is 4.79 Å². The van der Waals surface area contributed by atoms with Crippen LogP contribution in [0.1, 0.15) is 17.9 Å². The zero-order chi connectivity index (χ0) is 11.7. The minimum Gasteiger partial charge on any atom is -0.302 e. The van der Waals surface area contributed by atoms with Crippen molar-refractivity contribution >= 4 is 22.4 Å². The number of carbonyl (C=O) groups is 1. The molecule has 3 nitrogen and oxygen atoms in total. The van der Waals surface area contributed by atoms with E-state index in [4.69, 9.17) is 0 Å². The Morgan fingerprint density at radius 3 is 2.88 bits per heavy atom. The van der Waals surface area contributed by atoms with Crippen LogP contribution in [0.15, 0.2) is 41.9 Å². The molecule has 1 aromatic heterocycles. The molecule has 2 atom stereocenters. The number of rotatable bonds is 3. The minimum atomic E-state index is 0.0915. The van der Waals surface area contributed by atoms with E-state index in [-0.39, 0.29) is 11.8 Å². The van der Waals surface area contributed by atoms with Gasteiger partial charge < -0.3 is 5.32 Å². The molecular formula is C13H12N2OS. The summed E-state index contributed by atoms with van der Waals surface area (Å²) in [5.74, 6) is 0.589. The van der Waals surface area contributed by atoms with Gasteiger partial charge in [-0.3, -0.25) is 4.79 Å². The Bertz CT molecular complexity index is 509. The van der Waals surface area contributed by atoms with Gasteiger partial charge in [0, 0.05) is 17.5 Å². The van der Waals surface area contributed by atoms with Gasteiger partial charge in [0.1, 0.15) is 0 Å². The second-order valence-corrected chi connectivity index (χ2v) is 5.08. The van der Waals surface area contributed by atoms with Crippen LogP contribution in [0.25, 0.3) is 0 Å². The molecule has 1 aliphatic rings. The summed E-state index contributed by atoms with van der Waals surface area (Å²) in [5, 5.41) is 5.40. The smallest absolute Gasteiger partial charge is 0.229 e. The van der Waals surface area contributed by atoms with E-state index in [1.54, 1.807) is 6.20 Å². The molecule has 1 heterocycles. The van der Waals surface area contributed by atoms with Gasteiger partial charge in [-0.25, -0.2) is 4.98 Å². The highest BCUT2D eigenvalue weighted by molar-refractivity contribution is 7.13. The summed E-state index contributed by atoms with van der Waals surface area (Å²) >= 11 is 1.45. The molecule has 2 aromatic rings. The molecule has 0 radical (unpaired) electrons. The van der Waals surface area contributed by atoms with Crippen molar-refractivity contribution in [2.75, 3.05) is 5.32 Å². The fraction of sp³-hybridized carbons (Fsp3) is 0.231. The van der Waals surface area contributed by atoms with Crippen molar-refractivity contribution in [2.45, 2.75) is 12.3 Å². The second-order valence-electron chi connectivity index (χ2n) is 4.19. The van der Waals surface area contributed by atoms with Crippen molar-refractivity contribution in [3.8, 4) is 0 Å². The molecule has 0 bridgehead atoms. The van der Waals surface area contributed by atoms with E-state index < -0.39 is 0 Å². The third-order valence-corrected chi connectivity index (χ3v) is 3.71. The van der Waals surface area contributed by atoms with Crippen molar-refractivity contribution in [3.05, 3.63) is 47.5 Å². The van der Waals surface area contributed by atoms with Crippen molar-refractivity contribution in [1.29, 1.82) is 0 Å². The van der Waals surface area contributed by atoms with Gasteiger partial charge in [0.15, 0.2) is 5.13 Å². The van der Waals surface area contributed by atoms with Crippen LogP contribution >= 0.6 is 11.3 Å². The Kier molecular flexibility index (Phi) is 2.65. The average molecular weight is 244 g/mol. The zero-order valence-corrected chi connectivity index (χ0v) is 9.98. The molecule has 86 valence electrons. The number of hydrogen-bond acceptors (Lipinski definition) is 3. The molecular weight excluding hydrogens is 232 g/mol. The van der Waals surface area contributed by atoms with Crippen LogP contribution in [0.2, 0.25) is 0 Å². The Balaban J connectivity index is 1.63. The molecule has 4 heteroatoms. The van der Waals surface area contributed by atoms with Crippen molar-refractivity contribution in [2.24, 2.45) is 5.92 Å². The number of anilines is 1. The van der Waals surface area contributed by atoms with Crippen LogP contribution in [-0.2, 0) is 4.79 Å². The zero-order valence-electron chi connectivity index (χ0n) is 9.17. The van der Waals surface area contributed by atoms with E-state index >= 15 is 0 Å². The molecule has 0 aliphatic heterocycles. The Hall–Kier alpha value is -1.68. The fourth-order valence-electron chi connectivity index (χ4n) is 2.04. The highest BCUT2D eigenvalue weighted by Gasteiger charge is 2.43. The first kappa shape index (κ1) is 10.5. The predicted octanol–water partition coefficient (Wildman–Crippen LogP) is 2.89. The van der Waals surface area contributed by atoms with Gasteiger partial charge in [0.25, 0.3) is 0 Å². The Morgan fingerprint density at radius 2 is 2.18 bits per heavy atom. The number of benzene rings is 1. The summed E-state index contributed by atoms with van der Waals surface area (Å²) in [6, 6.07) is 10.2. The quantitative estimate of drug-likeness (QED) is 0.902. The van der Waals surface area contributed by atoms with Gasteiger partial charge in [-0.2, -0.15) is 0 Å². The van der Waals surface area contributed by atoms with Crippen molar-refractivity contribution in [3.63, 3.8) is 0 Å². The molecule has 1 amide bonds. The van der Waals surface area contributed by atoms with E-state index in [0.29, 0.717) is 11.0 Å². The predicted molar refractivity (Wildman–Crippen MR) is 68.0 cm³/mol. The van der Waals surface area contributed by atoms with Crippen LogP contribution in [-0.4, -0.2) is 10.9 Å². The van der Waals surface area contributed by atoms with Crippen molar-refractivity contribution in [1.82, 2.24) is 4.98 Å². The molecule has 1 fully saturated rings. The SMILES string of the molecule is O=C(Nc1nccs1)[C@@H]1C[C@H]1c1ccccc1. The summed E-state index contributed by atoms with van der Waals surface area (Å²) in [5.41, 5.74) is 1.26. The molecule has 0 unspecified atom stereocenters. The molecule has 1 aromatic carbocycles. The summed E-state index contributed by atoms with van der Waals surface area (Å²) in [7, 11) is 0. The van der Waals surface area contributed by atoms with E-state index in [1.807, 2.05) is 23.6 Å². The fourth-order valence-corrected chi connectivity index (χ4v) is 2.57. The minimum absolute atomic E-state index is 0.0915. The third-order valence-electron chi connectivity index (χ3n) is 3.02. The highest BCUT2D eigenvalue weighted by atomic mass is 32.1. The largest absolute Gasteiger partial charge is 0.302 e. The van der Waals surface area contributed by atoms with Crippen LogP contribution in [0.3, 0.4) is 0 Å². The van der Waals surface area contributed by atoms with E-state index in [1.165, 1.54) is 16.9 Å². The lowest BCUT2D eigenvalue weighted by molar-refractivity contribution is -0.117. The first-order valence-corrected chi connectivity index (χ1v) is 6.48. The molecule has 0 spiro atoms. The lowest BCUT2D eigenvalue weighted by Gasteiger charge is -2.01. The first-order valence-electron chi connectivity index (χ1n) is 5.60.